The molecule has 2 heterocycles. The number of carbonyl (C=O) groups excluding carboxylic acids is 2. The first-order valence-electron chi connectivity index (χ1n) is 9.47. The van der Waals surface area contributed by atoms with Crippen LogP contribution >= 0.6 is 0 Å². The van der Waals surface area contributed by atoms with E-state index in [9.17, 15) is 9.59 Å². The molecule has 28 heavy (non-hydrogen) atoms. The van der Waals surface area contributed by atoms with Crippen molar-refractivity contribution in [2.45, 2.75) is 33.0 Å². The van der Waals surface area contributed by atoms with Crippen LogP contribution in [-0.4, -0.2) is 53.5 Å². The van der Waals surface area contributed by atoms with Crippen LogP contribution in [0.4, 0.5) is 4.79 Å². The summed E-state index contributed by atoms with van der Waals surface area (Å²) in [6.07, 6.45) is 0.288. The molecule has 0 radical (unpaired) electrons. The molecule has 1 aliphatic rings. The predicted octanol–water partition coefficient (Wildman–Crippen LogP) is 1.97. The van der Waals surface area contributed by atoms with Crippen LogP contribution < -0.4 is 5.32 Å². The number of carbonyl (C=O) groups is 2. The third-order valence-electron chi connectivity index (χ3n) is 4.57. The number of rotatable bonds is 7. The number of esters is 1. The molecule has 0 saturated heterocycles. The summed E-state index contributed by atoms with van der Waals surface area (Å²) in [5.41, 5.74) is 3.24. The normalized spacial score (nSPS) is 13.6. The van der Waals surface area contributed by atoms with Crippen LogP contribution in [0.25, 0.3) is 0 Å². The van der Waals surface area contributed by atoms with Gasteiger partial charge in [-0.2, -0.15) is 5.10 Å². The van der Waals surface area contributed by atoms with Gasteiger partial charge in [0.1, 0.15) is 6.61 Å². The number of aromatic nitrogens is 2. The highest BCUT2D eigenvalue weighted by Crippen LogP contribution is 2.22. The zero-order chi connectivity index (χ0) is 19.9. The first kappa shape index (κ1) is 19.9. The highest BCUT2D eigenvalue weighted by atomic mass is 16.5. The van der Waals surface area contributed by atoms with Crippen molar-refractivity contribution in [1.29, 1.82) is 0 Å². The van der Waals surface area contributed by atoms with Gasteiger partial charge in [-0.3, -0.25) is 4.68 Å². The molecule has 1 aliphatic heterocycles. The maximum Gasteiger partial charge on any atom is 0.407 e. The van der Waals surface area contributed by atoms with Crippen LogP contribution in [0, 0.1) is 0 Å². The van der Waals surface area contributed by atoms with Crippen LogP contribution in [0.1, 0.15) is 34.2 Å². The van der Waals surface area contributed by atoms with Crippen LogP contribution in [0.15, 0.2) is 30.3 Å². The topological polar surface area (TPSA) is 85.7 Å². The highest BCUT2D eigenvalue weighted by molar-refractivity contribution is 5.89. The lowest BCUT2D eigenvalue weighted by molar-refractivity contribution is 0.0509. The third kappa shape index (κ3) is 4.89. The van der Waals surface area contributed by atoms with Gasteiger partial charge in [0.15, 0.2) is 5.69 Å². The van der Waals surface area contributed by atoms with Gasteiger partial charge in [-0.25, -0.2) is 9.59 Å². The zero-order valence-corrected chi connectivity index (χ0v) is 16.3. The zero-order valence-electron chi connectivity index (χ0n) is 16.3. The van der Waals surface area contributed by atoms with Crippen molar-refractivity contribution < 1.29 is 19.1 Å². The quantitative estimate of drug-likeness (QED) is 0.733. The van der Waals surface area contributed by atoms with Crippen LogP contribution in [0.2, 0.25) is 0 Å². The van der Waals surface area contributed by atoms with E-state index in [4.69, 9.17) is 9.47 Å². The van der Waals surface area contributed by atoms with Gasteiger partial charge >= 0.3 is 12.1 Å². The molecule has 0 spiro atoms. The molecule has 2 aromatic rings. The lowest BCUT2D eigenvalue weighted by Gasteiger charge is -2.21. The number of hydrogen-bond acceptors (Lipinski definition) is 6. The first-order chi connectivity index (χ1) is 13.6. The fourth-order valence-corrected chi connectivity index (χ4v) is 3.19. The van der Waals surface area contributed by atoms with Gasteiger partial charge in [-0.1, -0.05) is 30.3 Å². The molecule has 1 aromatic carbocycles. The van der Waals surface area contributed by atoms with E-state index in [0.29, 0.717) is 31.9 Å². The number of ether oxygens (including phenoxy) is 2. The molecule has 8 nitrogen and oxygen atoms in total. The maximum atomic E-state index is 12.4. The van der Waals surface area contributed by atoms with E-state index >= 15 is 0 Å². The van der Waals surface area contributed by atoms with Crippen LogP contribution in [-0.2, 0) is 35.6 Å². The molecule has 1 N–H and O–H groups in total. The highest BCUT2D eigenvalue weighted by Gasteiger charge is 2.27. The molecule has 8 heteroatoms. The summed E-state index contributed by atoms with van der Waals surface area (Å²) in [6.45, 7) is 4.53. The Kier molecular flexibility index (Phi) is 6.65. The number of amides is 1. The van der Waals surface area contributed by atoms with Crippen molar-refractivity contribution in [2.24, 2.45) is 0 Å². The predicted molar refractivity (Wildman–Crippen MR) is 103 cm³/mol. The van der Waals surface area contributed by atoms with Gasteiger partial charge < -0.3 is 19.7 Å². The molecule has 3 rings (SSSR count). The lowest BCUT2D eigenvalue weighted by Crippen LogP contribution is -2.29. The van der Waals surface area contributed by atoms with Crippen LogP contribution in [0.3, 0.4) is 0 Å². The molecule has 0 saturated carbocycles. The molecular formula is C20H26N4O4. The number of hydrogen-bond donors (Lipinski definition) is 1. The largest absolute Gasteiger partial charge is 0.461 e. The molecule has 0 atom stereocenters. The van der Waals surface area contributed by atoms with E-state index in [-0.39, 0.29) is 12.6 Å². The van der Waals surface area contributed by atoms with Gasteiger partial charge in [0.25, 0.3) is 0 Å². The maximum absolute atomic E-state index is 12.4. The third-order valence-corrected chi connectivity index (χ3v) is 4.57. The Hall–Kier alpha value is -2.87. The average Bonchev–Trinajstić information content (AvgIpc) is 3.05. The Morgan fingerprint density at radius 3 is 2.75 bits per heavy atom. The van der Waals surface area contributed by atoms with Gasteiger partial charge in [-0.05, 0) is 19.5 Å². The number of likely N-dealkylation sites (N-methyl/N-ethyl adjacent to an activating group) is 1. The Balaban J connectivity index is 1.59. The average molecular weight is 386 g/mol. The fraction of sp³-hybridized carbons (Fsp3) is 0.450. The molecule has 1 aromatic heterocycles. The second kappa shape index (κ2) is 9.36. The monoisotopic (exact) mass is 386 g/mol. The smallest absolute Gasteiger partial charge is 0.407 e. The molecule has 0 bridgehead atoms. The molecule has 0 fully saturated rings. The Morgan fingerprint density at radius 2 is 2.00 bits per heavy atom. The van der Waals surface area contributed by atoms with Gasteiger partial charge in [0.05, 0.1) is 18.8 Å². The minimum absolute atomic E-state index is 0.211. The number of nitrogens with one attached hydrogen (secondary N) is 1. The molecule has 0 aliphatic carbocycles. The summed E-state index contributed by atoms with van der Waals surface area (Å²) in [5, 5.41) is 7.28. The Bertz CT molecular complexity index is 819. The van der Waals surface area contributed by atoms with Crippen molar-refractivity contribution in [2.75, 3.05) is 26.7 Å². The van der Waals surface area contributed by atoms with E-state index in [1.165, 1.54) is 0 Å². The Morgan fingerprint density at radius 1 is 1.21 bits per heavy atom. The van der Waals surface area contributed by atoms with E-state index in [0.717, 1.165) is 29.8 Å². The van der Waals surface area contributed by atoms with Gasteiger partial charge in [0.2, 0.25) is 0 Å². The summed E-state index contributed by atoms with van der Waals surface area (Å²) in [5.74, 6) is -0.377. The summed E-state index contributed by atoms with van der Waals surface area (Å²) in [7, 11) is 2.01. The summed E-state index contributed by atoms with van der Waals surface area (Å²) in [4.78, 5) is 26.5. The van der Waals surface area contributed by atoms with Crippen molar-refractivity contribution >= 4 is 12.1 Å². The molecule has 150 valence electrons. The number of nitrogens with zero attached hydrogens (tertiary/aromatic N) is 3. The van der Waals surface area contributed by atoms with E-state index in [1.807, 2.05) is 37.4 Å². The lowest BCUT2D eigenvalue weighted by atomic mass is 10.1. The second-order valence-electron chi connectivity index (χ2n) is 6.69. The minimum atomic E-state index is -0.502. The van der Waals surface area contributed by atoms with E-state index in [2.05, 4.69) is 15.3 Å². The minimum Gasteiger partial charge on any atom is -0.461 e. The molecule has 1 amide bonds. The van der Waals surface area contributed by atoms with E-state index in [1.54, 1.807) is 11.6 Å². The van der Waals surface area contributed by atoms with Crippen molar-refractivity contribution in [3.63, 3.8) is 0 Å². The van der Waals surface area contributed by atoms with Crippen molar-refractivity contribution in [3.8, 4) is 0 Å². The fourth-order valence-electron chi connectivity index (χ4n) is 3.19. The van der Waals surface area contributed by atoms with Crippen LogP contribution in [0.5, 0.6) is 0 Å². The molecular weight excluding hydrogens is 360 g/mol. The first-order valence-corrected chi connectivity index (χ1v) is 9.47. The van der Waals surface area contributed by atoms with Crippen molar-refractivity contribution in [3.05, 3.63) is 52.8 Å². The summed E-state index contributed by atoms with van der Waals surface area (Å²) in [6, 6.07) is 9.48. The summed E-state index contributed by atoms with van der Waals surface area (Å²) >= 11 is 0. The molecule has 0 unspecified atom stereocenters. The number of benzene rings is 1. The summed E-state index contributed by atoms with van der Waals surface area (Å²) < 4.78 is 12.1. The SMILES string of the molecule is CCOC(=O)c1c2c(nn1CCNC(=O)OCc1ccccc1)CCN(C)C2. The van der Waals surface area contributed by atoms with Gasteiger partial charge in [0, 0.05) is 31.6 Å². The van der Waals surface area contributed by atoms with Crippen molar-refractivity contribution in [1.82, 2.24) is 20.0 Å². The van der Waals surface area contributed by atoms with Gasteiger partial charge in [-0.15, -0.1) is 0 Å². The second-order valence-corrected chi connectivity index (χ2v) is 6.69. The number of fused-ring (bicyclic) bond motifs is 1. The standard InChI is InChI=1S/C20H26N4O4/c1-3-27-19(25)18-16-13-23(2)11-9-17(16)22-24(18)12-10-21-20(26)28-14-15-7-5-4-6-8-15/h4-8H,3,9-14H2,1-2H3,(H,21,26). The van der Waals surface area contributed by atoms with E-state index < -0.39 is 6.09 Å². The Labute approximate surface area is 164 Å². The number of alkyl carbamates (subject to hydrolysis) is 1.